The minimum Gasteiger partial charge on any atom is -0.477 e. The third-order valence-corrected chi connectivity index (χ3v) is 4.34. The quantitative estimate of drug-likeness (QED) is 0.799. The lowest BCUT2D eigenvalue weighted by Gasteiger charge is -2.23. The zero-order valence-corrected chi connectivity index (χ0v) is 13.1. The predicted octanol–water partition coefficient (Wildman–Crippen LogP) is 2.83. The van der Waals surface area contributed by atoms with Crippen molar-refractivity contribution in [2.24, 2.45) is 5.92 Å². The number of hydrogen-bond acceptors (Lipinski definition) is 5. The number of thiazole rings is 1. The molecular weight excluding hydrogens is 276 g/mol. The van der Waals surface area contributed by atoms with Gasteiger partial charge in [-0.1, -0.05) is 25.2 Å². The topological polar surface area (TPSA) is 62.7 Å². The average molecular weight is 298 g/mol. The van der Waals surface area contributed by atoms with Crippen LogP contribution in [0.4, 0.5) is 5.13 Å². The number of carbonyl (C=O) groups is 1. The molecule has 112 valence electrons. The summed E-state index contributed by atoms with van der Waals surface area (Å²) in [4.78, 5) is 18.5. The van der Waals surface area contributed by atoms with E-state index in [9.17, 15) is 9.90 Å². The fourth-order valence-corrected chi connectivity index (χ4v) is 3.18. The molecule has 0 saturated heterocycles. The van der Waals surface area contributed by atoms with Crippen LogP contribution >= 0.6 is 11.3 Å². The molecule has 0 atom stereocenters. The number of carboxylic acid groups (broad SMARTS) is 1. The summed E-state index contributed by atoms with van der Waals surface area (Å²) >= 11 is 1.30. The van der Waals surface area contributed by atoms with Crippen LogP contribution < -0.4 is 4.90 Å². The van der Waals surface area contributed by atoms with Gasteiger partial charge in [0.1, 0.15) is 4.88 Å². The minimum atomic E-state index is -0.855. The molecule has 20 heavy (non-hydrogen) atoms. The molecule has 1 aromatic rings. The van der Waals surface area contributed by atoms with Crippen molar-refractivity contribution in [2.75, 3.05) is 31.7 Å². The Labute approximate surface area is 123 Å². The van der Waals surface area contributed by atoms with Crippen molar-refractivity contribution in [1.29, 1.82) is 0 Å². The van der Waals surface area contributed by atoms with Gasteiger partial charge in [-0.25, -0.2) is 9.78 Å². The molecule has 5 nitrogen and oxygen atoms in total. The maximum Gasteiger partial charge on any atom is 0.347 e. The number of anilines is 1. The van der Waals surface area contributed by atoms with Crippen molar-refractivity contribution in [3.63, 3.8) is 0 Å². The molecule has 1 saturated carbocycles. The van der Waals surface area contributed by atoms with Crippen molar-refractivity contribution >= 4 is 22.4 Å². The molecule has 0 bridgehead atoms. The summed E-state index contributed by atoms with van der Waals surface area (Å²) in [5.41, 5.74) is 0.781. The van der Waals surface area contributed by atoms with E-state index in [1.54, 1.807) is 7.11 Å². The maximum absolute atomic E-state index is 11.4. The molecule has 1 aliphatic carbocycles. The number of ether oxygens (including phenoxy) is 1. The van der Waals surface area contributed by atoms with Crippen molar-refractivity contribution in [2.45, 2.75) is 32.6 Å². The monoisotopic (exact) mass is 298 g/mol. The number of nitrogens with zero attached hydrogens (tertiary/aromatic N) is 2. The molecule has 0 amide bonds. The lowest BCUT2D eigenvalue weighted by Crippen LogP contribution is -2.30. The third-order valence-electron chi connectivity index (χ3n) is 3.22. The van der Waals surface area contributed by atoms with Gasteiger partial charge in [0.05, 0.1) is 12.3 Å². The van der Waals surface area contributed by atoms with Crippen molar-refractivity contribution in [3.8, 4) is 0 Å². The van der Waals surface area contributed by atoms with E-state index < -0.39 is 5.97 Å². The van der Waals surface area contributed by atoms with Gasteiger partial charge in [-0.2, -0.15) is 0 Å². The largest absolute Gasteiger partial charge is 0.477 e. The minimum absolute atomic E-state index is 0.356. The lowest BCUT2D eigenvalue weighted by molar-refractivity contribution is 0.0700. The van der Waals surface area contributed by atoms with Crippen molar-refractivity contribution in [3.05, 3.63) is 10.6 Å². The zero-order valence-electron chi connectivity index (χ0n) is 12.3. The molecule has 1 heterocycles. The standard InChI is InChI=1S/C14H22N2O3S/c1-9(2)8-16(6-7-19-3)14-15-11(10-4-5-10)12(20-14)13(17)18/h9-10H,4-8H2,1-3H3,(H,17,18). The third kappa shape index (κ3) is 3.70. The summed E-state index contributed by atoms with van der Waals surface area (Å²) in [6.07, 6.45) is 2.12. The number of aromatic nitrogens is 1. The van der Waals surface area contributed by atoms with Crippen LogP contribution in [0.15, 0.2) is 0 Å². The summed E-state index contributed by atoms with van der Waals surface area (Å²) in [7, 11) is 1.67. The highest BCUT2D eigenvalue weighted by atomic mass is 32.1. The van der Waals surface area contributed by atoms with E-state index in [2.05, 4.69) is 23.7 Å². The van der Waals surface area contributed by atoms with Gasteiger partial charge >= 0.3 is 5.97 Å². The molecule has 0 spiro atoms. The maximum atomic E-state index is 11.4. The van der Waals surface area contributed by atoms with Gasteiger partial charge in [0, 0.05) is 26.1 Å². The van der Waals surface area contributed by atoms with Gasteiger partial charge in [0.2, 0.25) is 0 Å². The normalized spacial score (nSPS) is 14.8. The van der Waals surface area contributed by atoms with E-state index in [0.29, 0.717) is 23.3 Å². The van der Waals surface area contributed by atoms with E-state index in [4.69, 9.17) is 4.74 Å². The Morgan fingerprint density at radius 2 is 2.25 bits per heavy atom. The highest BCUT2D eigenvalue weighted by molar-refractivity contribution is 7.17. The number of rotatable bonds is 8. The summed E-state index contributed by atoms with van der Waals surface area (Å²) in [6, 6.07) is 0. The van der Waals surface area contributed by atoms with E-state index >= 15 is 0 Å². The fourth-order valence-electron chi connectivity index (χ4n) is 2.15. The molecule has 2 rings (SSSR count). The summed E-state index contributed by atoms with van der Waals surface area (Å²) in [5, 5.41) is 10.1. The van der Waals surface area contributed by atoms with Gasteiger partial charge in [-0.15, -0.1) is 0 Å². The number of carboxylic acids is 1. The van der Waals surface area contributed by atoms with Gasteiger partial charge in [-0.3, -0.25) is 0 Å². The van der Waals surface area contributed by atoms with Crippen LogP contribution in [0.1, 0.15) is 48.0 Å². The molecule has 1 N–H and O–H groups in total. The smallest absolute Gasteiger partial charge is 0.347 e. The Hall–Kier alpha value is -1.14. The SMILES string of the molecule is COCCN(CC(C)C)c1nc(C2CC2)c(C(=O)O)s1. The lowest BCUT2D eigenvalue weighted by atomic mass is 10.2. The average Bonchev–Trinajstić information content (AvgIpc) is 3.12. The predicted molar refractivity (Wildman–Crippen MR) is 80.0 cm³/mol. The van der Waals surface area contributed by atoms with Gasteiger partial charge in [0.25, 0.3) is 0 Å². The first-order valence-corrected chi connectivity index (χ1v) is 7.82. The summed E-state index contributed by atoms with van der Waals surface area (Å²) in [5.74, 6) is -0.00489. The van der Waals surface area contributed by atoms with Crippen LogP contribution in [0.25, 0.3) is 0 Å². The number of hydrogen-bond donors (Lipinski definition) is 1. The zero-order chi connectivity index (χ0) is 14.7. The van der Waals surface area contributed by atoms with E-state index in [1.807, 2.05) is 0 Å². The highest BCUT2D eigenvalue weighted by Gasteiger charge is 2.33. The van der Waals surface area contributed by atoms with Crippen LogP contribution in [0.5, 0.6) is 0 Å². The molecule has 0 radical (unpaired) electrons. The second-order valence-corrected chi connectivity index (χ2v) is 6.60. The van der Waals surface area contributed by atoms with Crippen LogP contribution in [0, 0.1) is 5.92 Å². The molecule has 0 unspecified atom stereocenters. The molecule has 0 aliphatic heterocycles. The Morgan fingerprint density at radius 1 is 1.55 bits per heavy atom. The van der Waals surface area contributed by atoms with Gasteiger partial charge in [-0.05, 0) is 18.8 Å². The summed E-state index contributed by atoms with van der Waals surface area (Å²) in [6.45, 7) is 6.51. The Bertz CT molecular complexity index is 469. The fraction of sp³-hybridized carbons (Fsp3) is 0.714. The molecule has 1 fully saturated rings. The first-order valence-electron chi connectivity index (χ1n) is 7.00. The summed E-state index contributed by atoms with van der Waals surface area (Å²) < 4.78 is 5.14. The molecule has 1 aliphatic rings. The first kappa shape index (κ1) is 15.3. The van der Waals surface area contributed by atoms with Crippen LogP contribution in [0.3, 0.4) is 0 Å². The van der Waals surface area contributed by atoms with E-state index in [0.717, 1.165) is 36.8 Å². The Morgan fingerprint density at radius 3 is 2.75 bits per heavy atom. The van der Waals surface area contributed by atoms with Crippen LogP contribution in [0.2, 0.25) is 0 Å². The highest BCUT2D eigenvalue weighted by Crippen LogP contribution is 2.44. The molecule has 6 heteroatoms. The first-order chi connectivity index (χ1) is 9.52. The number of aromatic carboxylic acids is 1. The molecule has 0 aromatic carbocycles. The Balaban J connectivity index is 2.22. The van der Waals surface area contributed by atoms with Crippen LogP contribution in [-0.4, -0.2) is 42.9 Å². The van der Waals surface area contributed by atoms with E-state index in [-0.39, 0.29) is 0 Å². The van der Waals surface area contributed by atoms with E-state index in [1.165, 1.54) is 11.3 Å². The van der Waals surface area contributed by atoms with Crippen molar-refractivity contribution < 1.29 is 14.6 Å². The van der Waals surface area contributed by atoms with Gasteiger partial charge in [0.15, 0.2) is 5.13 Å². The second kappa shape index (κ2) is 6.54. The second-order valence-electron chi connectivity index (χ2n) is 5.62. The Kier molecular flexibility index (Phi) is 4.99. The van der Waals surface area contributed by atoms with Crippen LogP contribution in [-0.2, 0) is 4.74 Å². The number of methoxy groups -OCH3 is 1. The molecular formula is C14H22N2O3S. The van der Waals surface area contributed by atoms with Gasteiger partial charge < -0.3 is 14.7 Å². The molecule has 1 aromatic heterocycles. The van der Waals surface area contributed by atoms with Crippen molar-refractivity contribution in [1.82, 2.24) is 4.98 Å².